The Kier molecular flexibility index (Phi) is 7.98. The van der Waals surface area contributed by atoms with Crippen molar-refractivity contribution in [3.63, 3.8) is 0 Å². The summed E-state index contributed by atoms with van der Waals surface area (Å²) in [6.07, 6.45) is 3.71. The van der Waals surface area contributed by atoms with Crippen LogP contribution in [0.1, 0.15) is 30.4 Å². The molecule has 8 heteroatoms. The van der Waals surface area contributed by atoms with Gasteiger partial charge in [0, 0.05) is 30.3 Å². The highest BCUT2D eigenvalue weighted by molar-refractivity contribution is 7.92. The van der Waals surface area contributed by atoms with Gasteiger partial charge < -0.3 is 10.2 Å². The Morgan fingerprint density at radius 1 is 0.971 bits per heavy atom. The first-order valence-electron chi connectivity index (χ1n) is 11.8. The van der Waals surface area contributed by atoms with Crippen LogP contribution in [0.4, 0.5) is 11.4 Å². The van der Waals surface area contributed by atoms with Crippen LogP contribution in [0, 0.1) is 6.92 Å². The molecule has 0 aromatic heterocycles. The molecule has 3 aromatic carbocycles. The van der Waals surface area contributed by atoms with E-state index >= 15 is 0 Å². The summed E-state index contributed by atoms with van der Waals surface area (Å²) in [6, 6.07) is 21.2. The molecule has 1 fully saturated rings. The molecule has 0 bridgehead atoms. The fraction of sp³-hybridized carbons (Fsp3) is 0.296. The number of nitrogens with zero attached hydrogens (tertiary/aromatic N) is 2. The maximum absolute atomic E-state index is 13.5. The quantitative estimate of drug-likeness (QED) is 0.454. The fourth-order valence-electron chi connectivity index (χ4n) is 4.15. The number of carbonyl (C=O) groups is 1. The lowest BCUT2D eigenvalue weighted by Crippen LogP contribution is -2.40. The second-order valence-electron chi connectivity index (χ2n) is 8.80. The zero-order valence-corrected chi connectivity index (χ0v) is 21.4. The average molecular weight is 512 g/mol. The van der Waals surface area contributed by atoms with E-state index in [1.807, 2.05) is 19.1 Å². The maximum atomic E-state index is 13.5. The second-order valence-corrected chi connectivity index (χ2v) is 11.1. The maximum Gasteiger partial charge on any atom is 0.264 e. The van der Waals surface area contributed by atoms with Gasteiger partial charge in [0.2, 0.25) is 5.91 Å². The van der Waals surface area contributed by atoms with Crippen LogP contribution in [0.3, 0.4) is 0 Å². The molecular weight excluding hydrogens is 482 g/mol. The molecule has 1 aliphatic heterocycles. The minimum absolute atomic E-state index is 0.115. The van der Waals surface area contributed by atoms with Crippen LogP contribution in [0.5, 0.6) is 0 Å². The van der Waals surface area contributed by atoms with Crippen LogP contribution in [0.2, 0.25) is 5.02 Å². The van der Waals surface area contributed by atoms with Gasteiger partial charge >= 0.3 is 0 Å². The molecule has 1 heterocycles. The van der Waals surface area contributed by atoms with Crippen LogP contribution in [-0.2, 0) is 21.4 Å². The van der Waals surface area contributed by atoms with Crippen LogP contribution in [-0.4, -0.2) is 34.0 Å². The lowest BCUT2D eigenvalue weighted by Gasteiger charge is -2.28. The standard InChI is InChI=1S/C27H30ClN3O3S/c1-21-8-14-26(15-9-21)35(33,34)31(25-7-5-6-23(28)18-25)20-27(32)29-19-22-10-12-24(13-11-22)30-16-3-2-4-17-30/h5-15,18H,2-4,16-17,19-20H2,1H3,(H,29,32). The number of halogens is 1. The van der Waals surface area contributed by atoms with Gasteiger partial charge in [-0.2, -0.15) is 0 Å². The van der Waals surface area contributed by atoms with Crippen molar-refractivity contribution in [1.29, 1.82) is 0 Å². The highest BCUT2D eigenvalue weighted by Crippen LogP contribution is 2.26. The van der Waals surface area contributed by atoms with Crippen molar-refractivity contribution in [1.82, 2.24) is 5.32 Å². The van der Waals surface area contributed by atoms with E-state index < -0.39 is 15.9 Å². The molecule has 35 heavy (non-hydrogen) atoms. The normalized spacial score (nSPS) is 13.9. The summed E-state index contributed by atoms with van der Waals surface area (Å²) < 4.78 is 28.0. The molecule has 0 spiro atoms. The predicted octanol–water partition coefficient (Wildman–Crippen LogP) is 5.15. The van der Waals surface area contributed by atoms with Gasteiger partial charge in [-0.05, 0) is 74.2 Å². The molecule has 0 saturated carbocycles. The highest BCUT2D eigenvalue weighted by Gasteiger charge is 2.27. The van der Waals surface area contributed by atoms with Crippen LogP contribution in [0.25, 0.3) is 0 Å². The number of sulfonamides is 1. The van der Waals surface area contributed by atoms with E-state index in [0.717, 1.165) is 28.5 Å². The summed E-state index contributed by atoms with van der Waals surface area (Å²) >= 11 is 6.13. The Bertz CT molecular complexity index is 1260. The number of nitrogens with one attached hydrogen (secondary N) is 1. The zero-order valence-electron chi connectivity index (χ0n) is 19.8. The van der Waals surface area contributed by atoms with Crippen molar-refractivity contribution in [3.05, 3.63) is 88.9 Å². The van der Waals surface area contributed by atoms with E-state index in [0.29, 0.717) is 17.3 Å². The number of hydrogen-bond donors (Lipinski definition) is 1. The lowest BCUT2D eigenvalue weighted by atomic mass is 10.1. The van der Waals surface area contributed by atoms with Crippen molar-refractivity contribution in [2.75, 3.05) is 28.8 Å². The molecule has 184 valence electrons. The Morgan fingerprint density at radius 3 is 2.31 bits per heavy atom. The van der Waals surface area contributed by atoms with Crippen molar-refractivity contribution < 1.29 is 13.2 Å². The van der Waals surface area contributed by atoms with Gasteiger partial charge in [0.1, 0.15) is 6.54 Å². The molecule has 0 unspecified atom stereocenters. The largest absolute Gasteiger partial charge is 0.372 e. The summed E-state index contributed by atoms with van der Waals surface area (Å²) in [6.45, 7) is 3.99. The van der Waals surface area contributed by atoms with E-state index in [1.54, 1.807) is 48.5 Å². The topological polar surface area (TPSA) is 69.7 Å². The van der Waals surface area contributed by atoms with Gasteiger partial charge in [0.25, 0.3) is 10.0 Å². The smallest absolute Gasteiger partial charge is 0.264 e. The number of aryl methyl sites for hydroxylation is 1. The van der Waals surface area contributed by atoms with Gasteiger partial charge in [-0.15, -0.1) is 0 Å². The lowest BCUT2D eigenvalue weighted by molar-refractivity contribution is -0.119. The van der Waals surface area contributed by atoms with E-state index in [4.69, 9.17) is 11.6 Å². The first-order chi connectivity index (χ1) is 16.8. The number of hydrogen-bond acceptors (Lipinski definition) is 4. The molecule has 3 aromatic rings. The van der Waals surface area contributed by atoms with E-state index in [-0.39, 0.29) is 11.4 Å². The first kappa shape index (κ1) is 25.1. The van der Waals surface area contributed by atoms with Crippen molar-refractivity contribution >= 4 is 38.9 Å². The fourth-order valence-corrected chi connectivity index (χ4v) is 5.74. The molecule has 6 nitrogen and oxygen atoms in total. The number of rotatable bonds is 8. The Labute approximate surface area is 212 Å². The minimum atomic E-state index is -3.98. The third-order valence-corrected chi connectivity index (χ3v) is 8.16. The van der Waals surface area contributed by atoms with E-state index in [9.17, 15) is 13.2 Å². The zero-order chi connectivity index (χ0) is 24.8. The van der Waals surface area contributed by atoms with Crippen LogP contribution in [0.15, 0.2) is 77.7 Å². The second kappa shape index (κ2) is 11.1. The summed E-state index contributed by atoms with van der Waals surface area (Å²) in [5, 5.41) is 3.24. The minimum Gasteiger partial charge on any atom is -0.372 e. The predicted molar refractivity (Wildman–Crippen MR) is 142 cm³/mol. The molecule has 0 radical (unpaired) electrons. The summed E-state index contributed by atoms with van der Waals surface area (Å²) in [5.74, 6) is -0.402. The van der Waals surface area contributed by atoms with Gasteiger partial charge in [-0.25, -0.2) is 8.42 Å². The molecule has 1 amide bonds. The molecule has 1 saturated heterocycles. The molecule has 0 atom stereocenters. The van der Waals surface area contributed by atoms with Crippen LogP contribution >= 0.6 is 11.6 Å². The van der Waals surface area contributed by atoms with Crippen molar-refractivity contribution in [2.45, 2.75) is 37.6 Å². The Morgan fingerprint density at radius 2 is 1.66 bits per heavy atom. The highest BCUT2D eigenvalue weighted by atomic mass is 35.5. The van der Waals surface area contributed by atoms with E-state index in [2.05, 4.69) is 22.3 Å². The molecular formula is C27H30ClN3O3S. The van der Waals surface area contributed by atoms with Crippen molar-refractivity contribution in [2.24, 2.45) is 0 Å². The van der Waals surface area contributed by atoms with Gasteiger partial charge in [0.05, 0.1) is 10.6 Å². The third-order valence-electron chi connectivity index (χ3n) is 6.14. The number of benzene rings is 3. The number of amides is 1. The van der Waals surface area contributed by atoms with Crippen LogP contribution < -0.4 is 14.5 Å². The summed E-state index contributed by atoms with van der Waals surface area (Å²) in [5.41, 5.74) is 3.42. The summed E-state index contributed by atoms with van der Waals surface area (Å²) in [7, 11) is -3.98. The number of carbonyl (C=O) groups excluding carboxylic acids is 1. The Balaban J connectivity index is 1.47. The van der Waals surface area contributed by atoms with Gasteiger partial charge in [0.15, 0.2) is 0 Å². The Hall–Kier alpha value is -3.03. The van der Waals surface area contributed by atoms with Gasteiger partial charge in [-0.3, -0.25) is 9.10 Å². The third kappa shape index (κ3) is 6.35. The number of piperidine rings is 1. The average Bonchev–Trinajstić information content (AvgIpc) is 2.87. The van der Waals surface area contributed by atoms with E-state index in [1.165, 1.54) is 24.9 Å². The first-order valence-corrected chi connectivity index (χ1v) is 13.6. The summed E-state index contributed by atoms with van der Waals surface area (Å²) in [4.78, 5) is 15.4. The molecule has 4 rings (SSSR count). The SMILES string of the molecule is Cc1ccc(S(=O)(=O)N(CC(=O)NCc2ccc(N3CCCCC3)cc2)c2cccc(Cl)c2)cc1. The monoisotopic (exact) mass is 511 g/mol. The van der Waals surface area contributed by atoms with Gasteiger partial charge in [-0.1, -0.05) is 47.5 Å². The molecule has 1 aliphatic rings. The number of anilines is 2. The molecule has 1 N–H and O–H groups in total. The molecule has 0 aliphatic carbocycles. The van der Waals surface area contributed by atoms with Crippen molar-refractivity contribution in [3.8, 4) is 0 Å².